The molecule has 0 radical (unpaired) electrons. The van der Waals surface area contributed by atoms with Crippen LogP contribution in [0.1, 0.15) is 190 Å². The lowest BCUT2D eigenvalue weighted by Crippen LogP contribution is -2.04. The third kappa shape index (κ3) is 108. The zero-order chi connectivity index (χ0) is 33.2. The topological polar surface area (TPSA) is 23.8 Å². The van der Waals surface area contributed by atoms with Gasteiger partial charge in [-0.15, -0.1) is 0 Å². The quantitative estimate of drug-likeness (QED) is 0.325. The zero-order valence-corrected chi connectivity index (χ0v) is 32.9. The molecule has 0 heterocycles. The van der Waals surface area contributed by atoms with Crippen molar-refractivity contribution in [1.82, 2.24) is 0 Å². The highest BCUT2D eigenvalue weighted by Gasteiger charge is 2.24. The van der Waals surface area contributed by atoms with Crippen molar-refractivity contribution >= 4 is 11.8 Å². The van der Waals surface area contributed by atoms with Gasteiger partial charge in [0, 0.05) is 7.85 Å². The van der Waals surface area contributed by atoms with Gasteiger partial charge in [0.1, 0.15) is 0 Å². The summed E-state index contributed by atoms with van der Waals surface area (Å²) < 4.78 is 0. The normalized spacial score (nSPS) is 14.5. The van der Waals surface area contributed by atoms with Gasteiger partial charge in [-0.05, 0) is 65.8 Å². The van der Waals surface area contributed by atoms with Crippen molar-refractivity contribution in [2.75, 3.05) is 12.0 Å². The van der Waals surface area contributed by atoms with Crippen LogP contribution in [0.3, 0.4) is 0 Å². The van der Waals surface area contributed by atoms with E-state index in [0.29, 0.717) is 11.8 Å². The summed E-state index contributed by atoms with van der Waals surface area (Å²) in [5.41, 5.74) is 0.500. The van der Waals surface area contributed by atoms with Gasteiger partial charge >= 0.3 is 0 Å². The van der Waals surface area contributed by atoms with E-state index in [4.69, 9.17) is 5.26 Å². The summed E-state index contributed by atoms with van der Waals surface area (Å²) in [7, 11) is 0. The molecule has 0 aromatic heterocycles. The van der Waals surface area contributed by atoms with Gasteiger partial charge in [-0.3, -0.25) is 0 Å². The van der Waals surface area contributed by atoms with Crippen LogP contribution in [0.15, 0.2) is 0 Å². The molecule has 0 aromatic rings. The van der Waals surface area contributed by atoms with Crippen LogP contribution < -0.4 is 0 Å². The molecule has 0 saturated heterocycles. The largest absolute Gasteiger partial charge is 0.198 e. The van der Waals surface area contributed by atoms with E-state index < -0.39 is 0 Å². The molecule has 3 aliphatic rings. The minimum atomic E-state index is 0. The fourth-order valence-electron chi connectivity index (χ4n) is 2.23. The van der Waals surface area contributed by atoms with Gasteiger partial charge in [0.05, 0.1) is 6.07 Å². The second-order valence-electron chi connectivity index (χ2n) is 14.3. The van der Waals surface area contributed by atoms with E-state index in [1.165, 1.54) is 63.5 Å². The fraction of sp³-hybridized carbons (Fsp3) is 0.974. The Labute approximate surface area is 265 Å². The first-order valence-corrected chi connectivity index (χ1v) is 18.7. The van der Waals surface area contributed by atoms with Crippen molar-refractivity contribution in [3.63, 3.8) is 0 Å². The molecule has 2 heteroatoms. The summed E-state index contributed by atoms with van der Waals surface area (Å²) in [6, 6.07) is 1.93. The van der Waals surface area contributed by atoms with Gasteiger partial charge in [0.15, 0.2) is 0 Å². The average Bonchev–Trinajstić information content (AvgIpc) is 3.72. The third-order valence-electron chi connectivity index (χ3n) is 4.89. The standard InChI is InChI=1S/C6H12.C5H12S.2C5H10.C5H12.C4H10.C3H5N.C3H8.C2H6.H2/c1-5(2)6-3-4-6;1-5(2)4-6-3;1-5-3-2-4-5;1-2-5-3-4-5;1-5(2,3)4;1-4(2)3;1-2-3-4;1-3-2;1-2;/h5-6H,3-4H2,1-2H3;5H,4H2,1-3H3;2*5H,2-4H2,1H3;1-4H3;4H,1-3H3;2H2,1H3;3H2,1-2H3;1-2H3;1H. The van der Waals surface area contributed by atoms with E-state index in [0.717, 1.165) is 35.5 Å². The van der Waals surface area contributed by atoms with Gasteiger partial charge in [0.2, 0.25) is 0 Å². The number of rotatable bonds is 4. The molecule has 0 amide bonds. The van der Waals surface area contributed by atoms with Crippen molar-refractivity contribution in [2.24, 2.45) is 40.9 Å². The van der Waals surface area contributed by atoms with Crippen LogP contribution in [-0.4, -0.2) is 12.0 Å². The van der Waals surface area contributed by atoms with Gasteiger partial charge in [-0.25, -0.2) is 0 Å². The second-order valence-corrected chi connectivity index (χ2v) is 15.2. The van der Waals surface area contributed by atoms with Crippen molar-refractivity contribution in [1.29, 1.82) is 5.26 Å². The molecule has 0 spiro atoms. The first-order valence-electron chi connectivity index (χ1n) is 17.3. The Hall–Kier alpha value is -0.160. The first-order chi connectivity index (χ1) is 18.5. The molecule has 3 saturated carbocycles. The summed E-state index contributed by atoms with van der Waals surface area (Å²) in [6.45, 7) is 39.0. The fourth-order valence-corrected chi connectivity index (χ4v) is 2.90. The molecule has 0 N–H and O–H groups in total. The third-order valence-corrected chi connectivity index (χ3v) is 5.89. The molecule has 40 heavy (non-hydrogen) atoms. The SMILES string of the molecule is CC.CC(C)(C)C.CC(C)C.CC(C)C1CC1.CC1CCC1.CCC.CCC#N.CCC1CC1.CSCC(C)C.[HH]. The van der Waals surface area contributed by atoms with Gasteiger partial charge in [-0.2, -0.15) is 17.0 Å². The molecule has 0 aliphatic heterocycles. The lowest BCUT2D eigenvalue weighted by atomic mass is 9.88. The maximum absolute atomic E-state index is 7.62. The molecule has 250 valence electrons. The molecule has 0 aromatic carbocycles. The zero-order valence-electron chi connectivity index (χ0n) is 32.1. The van der Waals surface area contributed by atoms with Gasteiger partial charge in [-0.1, -0.05) is 170 Å². The van der Waals surface area contributed by atoms with Crippen LogP contribution in [0.4, 0.5) is 0 Å². The Balaban J connectivity index is -0.0000000642. The Morgan fingerprint density at radius 2 is 1.10 bits per heavy atom. The highest BCUT2D eigenvalue weighted by molar-refractivity contribution is 7.98. The molecule has 0 unspecified atom stereocenters. The number of hydrogen-bond acceptors (Lipinski definition) is 2. The highest BCUT2D eigenvalue weighted by Crippen LogP contribution is 2.35. The Morgan fingerprint density at radius 1 is 0.800 bits per heavy atom. The van der Waals surface area contributed by atoms with E-state index in [9.17, 15) is 0 Å². The van der Waals surface area contributed by atoms with Crippen LogP contribution in [0.2, 0.25) is 0 Å². The smallest absolute Gasteiger partial charge is 0.0618 e. The molecule has 1 nitrogen and oxygen atoms in total. The molecule has 0 atom stereocenters. The first kappa shape index (κ1) is 52.5. The van der Waals surface area contributed by atoms with E-state index in [1.54, 1.807) is 0 Å². The predicted molar refractivity (Wildman–Crippen MR) is 198 cm³/mol. The van der Waals surface area contributed by atoms with E-state index >= 15 is 0 Å². The average molecular weight is 590 g/mol. The Bertz CT molecular complexity index is 427. The molecular weight excluding hydrogens is 502 g/mol. The van der Waals surface area contributed by atoms with E-state index in [2.05, 4.69) is 110 Å². The minimum Gasteiger partial charge on any atom is -0.198 e. The summed E-state index contributed by atoms with van der Waals surface area (Å²) in [5, 5.41) is 7.62. The number of thioether (sulfide) groups is 1. The van der Waals surface area contributed by atoms with Gasteiger partial charge < -0.3 is 0 Å². The monoisotopic (exact) mass is 590 g/mol. The van der Waals surface area contributed by atoms with E-state index in [1.807, 2.05) is 38.6 Å². The van der Waals surface area contributed by atoms with Crippen molar-refractivity contribution in [3.8, 4) is 6.07 Å². The van der Waals surface area contributed by atoms with Gasteiger partial charge in [0.25, 0.3) is 0 Å². The van der Waals surface area contributed by atoms with Crippen molar-refractivity contribution < 1.29 is 1.43 Å². The van der Waals surface area contributed by atoms with Crippen LogP contribution >= 0.6 is 11.8 Å². The van der Waals surface area contributed by atoms with Crippen LogP contribution in [0, 0.1) is 52.3 Å². The summed E-state index contributed by atoms with van der Waals surface area (Å²) in [5.74, 6) is 7.25. The molecule has 3 rings (SSSR count). The molecule has 0 bridgehead atoms. The van der Waals surface area contributed by atoms with Crippen molar-refractivity contribution in [3.05, 3.63) is 0 Å². The van der Waals surface area contributed by atoms with E-state index in [-0.39, 0.29) is 1.43 Å². The second kappa shape index (κ2) is 41.0. The van der Waals surface area contributed by atoms with Crippen molar-refractivity contribution in [2.45, 2.75) is 189 Å². The minimum absolute atomic E-state index is 0. The summed E-state index contributed by atoms with van der Waals surface area (Å²) in [4.78, 5) is 0. The number of nitriles is 1. The Morgan fingerprint density at radius 3 is 1.10 bits per heavy atom. The summed E-state index contributed by atoms with van der Waals surface area (Å²) in [6.07, 6.45) is 15.9. The molecule has 3 aliphatic carbocycles. The van der Waals surface area contributed by atoms with Crippen LogP contribution in [0.25, 0.3) is 0 Å². The molecule has 3 fully saturated rings. The number of nitrogens with zero attached hydrogens (tertiary/aromatic N) is 1. The highest BCUT2D eigenvalue weighted by atomic mass is 32.2. The lowest BCUT2D eigenvalue weighted by molar-refractivity contribution is 0.346. The predicted octanol–water partition coefficient (Wildman–Crippen LogP) is 15.0. The maximum Gasteiger partial charge on any atom is 0.0618 e. The number of hydrogen-bond donors (Lipinski definition) is 0. The Kier molecular flexibility index (Phi) is 53.8. The van der Waals surface area contributed by atoms with Crippen LogP contribution in [0.5, 0.6) is 0 Å². The molecular formula is C38H87NS. The van der Waals surface area contributed by atoms with Crippen LogP contribution in [-0.2, 0) is 0 Å². The summed E-state index contributed by atoms with van der Waals surface area (Å²) >= 11 is 1.91. The maximum atomic E-state index is 7.62. The lowest BCUT2D eigenvalue weighted by Gasteiger charge is -2.18.